The molecule has 0 saturated carbocycles. The van der Waals surface area contributed by atoms with Gasteiger partial charge in [-0.1, -0.05) is 259 Å². The Balaban J connectivity index is 0.000000249. The summed E-state index contributed by atoms with van der Waals surface area (Å²) in [5.41, 5.74) is 7.56. The molecule has 0 spiro atoms. The minimum atomic E-state index is -0.833. The molecule has 0 unspecified atom stereocenters. The van der Waals surface area contributed by atoms with Crippen molar-refractivity contribution in [1.29, 1.82) is 0 Å². The summed E-state index contributed by atoms with van der Waals surface area (Å²) in [6, 6.07) is 8.10. The number of aromatic nitrogens is 4. The molecule has 2 aliphatic heterocycles. The second-order valence-electron chi connectivity index (χ2n) is 28.8. The highest BCUT2D eigenvalue weighted by molar-refractivity contribution is 9.11. The Morgan fingerprint density at radius 2 is 0.629 bits per heavy atom. The molecular formula is C84H118Br3F4N5O3S6. The number of imide groups is 1. The average Bonchev–Trinajstić information content (AvgIpc) is 1.66. The number of ether oxygens (including phenoxy) is 1. The number of hydrogen-bond donors (Lipinski definition) is 0. The van der Waals surface area contributed by atoms with Gasteiger partial charge in [0.1, 0.15) is 22.1 Å². The molecule has 2 saturated heterocycles. The zero-order chi connectivity index (χ0) is 74.8. The van der Waals surface area contributed by atoms with E-state index >= 15 is 17.6 Å². The second-order valence-corrected chi connectivity index (χ2v) is 37.1. The first-order chi connectivity index (χ1) is 51.3. The number of aryl methyl sites for hydroxylation is 4. The number of unbranched alkanes of at least 4 members (excludes halogenated alkanes) is 36. The number of carbonyl (C=O) groups excluding carboxylic acids is 2. The van der Waals surface area contributed by atoms with Crippen molar-refractivity contribution < 1.29 is 31.9 Å². The van der Waals surface area contributed by atoms with E-state index in [0.29, 0.717) is 44.7 Å². The van der Waals surface area contributed by atoms with E-state index in [2.05, 4.69) is 104 Å². The van der Waals surface area contributed by atoms with Crippen LogP contribution in [0.2, 0.25) is 0 Å². The monoisotopic (exact) mass is 1750 g/mol. The van der Waals surface area contributed by atoms with Crippen LogP contribution in [0.5, 0.6) is 0 Å². The molecule has 21 heteroatoms. The van der Waals surface area contributed by atoms with Crippen molar-refractivity contribution in [3.63, 3.8) is 0 Å². The molecule has 0 N–H and O–H groups in total. The van der Waals surface area contributed by atoms with Crippen molar-refractivity contribution in [3.8, 4) is 41.8 Å². The number of fused-ring (bicyclic) bond motifs is 2. The number of halogens is 7. The summed E-state index contributed by atoms with van der Waals surface area (Å²) in [6.07, 6.45) is 59.1. The molecule has 8 aromatic rings. The Morgan fingerprint density at radius 3 is 0.876 bits per heavy atom. The molecule has 2 aromatic carbocycles. The lowest BCUT2D eigenvalue weighted by Gasteiger charge is -2.08. The maximum absolute atomic E-state index is 16.0. The number of rotatable bonds is 48. The first kappa shape index (κ1) is 89.3. The molecule has 0 aliphatic carbocycles. The summed E-state index contributed by atoms with van der Waals surface area (Å²) in [7, 11) is 0. The van der Waals surface area contributed by atoms with Crippen molar-refractivity contribution in [2.24, 2.45) is 0 Å². The first-order valence-electron chi connectivity index (χ1n) is 40.4. The highest BCUT2D eigenvalue weighted by atomic mass is 79.9. The van der Waals surface area contributed by atoms with Crippen molar-refractivity contribution in [3.05, 3.63) is 88.1 Å². The van der Waals surface area contributed by atoms with Crippen LogP contribution >= 0.6 is 117 Å². The second kappa shape index (κ2) is 52.4. The third kappa shape index (κ3) is 30.3. The number of carbonyl (C=O) groups is 2. The van der Waals surface area contributed by atoms with E-state index in [4.69, 9.17) is 4.74 Å². The van der Waals surface area contributed by atoms with Gasteiger partial charge in [0.2, 0.25) is 11.8 Å². The molecule has 0 radical (unpaired) electrons. The van der Waals surface area contributed by atoms with E-state index in [-0.39, 0.29) is 34.1 Å². The van der Waals surface area contributed by atoms with Gasteiger partial charge in [-0.3, -0.25) is 9.59 Å². The van der Waals surface area contributed by atoms with Gasteiger partial charge in [-0.05, 0) is 153 Å². The Labute approximate surface area is 676 Å². The first-order valence-corrected chi connectivity index (χ1v) is 47.5. The summed E-state index contributed by atoms with van der Waals surface area (Å²) in [6.45, 7) is 11.0. The van der Waals surface area contributed by atoms with Gasteiger partial charge in [0.05, 0.1) is 69.4 Å². The highest BCUT2D eigenvalue weighted by Crippen LogP contribution is 2.48. The van der Waals surface area contributed by atoms with E-state index in [1.54, 1.807) is 0 Å². The number of hydrogen-bond acceptors (Lipinski definition) is 13. The minimum absolute atomic E-state index is 0.144. The topological polar surface area (TPSA) is 98.2 Å². The Morgan fingerprint density at radius 1 is 0.371 bits per heavy atom. The maximum Gasteiger partial charge on any atom is 0.239 e. The van der Waals surface area contributed by atoms with Crippen LogP contribution in [0.1, 0.15) is 332 Å². The van der Waals surface area contributed by atoms with Crippen LogP contribution in [0.3, 0.4) is 0 Å². The quantitative estimate of drug-likeness (QED) is 0.0162. The highest BCUT2D eigenvalue weighted by Gasteiger charge is 2.30. The fourth-order valence-electron chi connectivity index (χ4n) is 13.8. The van der Waals surface area contributed by atoms with Gasteiger partial charge in [-0.15, -0.1) is 45.3 Å². The van der Waals surface area contributed by atoms with E-state index in [0.717, 1.165) is 120 Å². The molecule has 0 atom stereocenters. The Kier molecular flexibility index (Phi) is 44.6. The number of amides is 2. The SMILES string of the molecule is C1CCOC1.CCCCCCCCCCCCc1cc(-c2c(F)c(F)c(-c3cc(CCCCCCCCCCCC)c(Br)s3)c3nsnc23)sc1Br.CCCCCCCCCCCCc1csc(-c2c(F)c(F)c(-c3cc(CCCCCCCCCCCC)cs3)c3nsnc23)c1.O=C1CCC(=O)N1Br. The predicted octanol–water partition coefficient (Wildman–Crippen LogP) is 31.5. The molecule has 2 fully saturated rings. The Hall–Kier alpha value is -2.86. The summed E-state index contributed by atoms with van der Waals surface area (Å²) < 4.78 is 89.4. The molecule has 105 heavy (non-hydrogen) atoms. The summed E-state index contributed by atoms with van der Waals surface area (Å²) in [5.74, 6) is -3.56. The number of benzene rings is 2. The molecule has 6 aromatic heterocycles. The third-order valence-corrected chi connectivity index (χ3v) is 27.8. The van der Waals surface area contributed by atoms with Crippen LogP contribution in [0.25, 0.3) is 63.8 Å². The zero-order valence-electron chi connectivity index (χ0n) is 63.4. The maximum atomic E-state index is 16.0. The predicted molar refractivity (Wildman–Crippen MR) is 456 cm³/mol. The average molecular weight is 1750 g/mol. The number of nitrogens with zero attached hydrogens (tertiary/aromatic N) is 5. The van der Waals surface area contributed by atoms with Crippen LogP contribution in [0, 0.1) is 23.3 Å². The van der Waals surface area contributed by atoms with Gasteiger partial charge in [0.25, 0.3) is 0 Å². The molecular weight excluding hydrogens is 1640 g/mol. The van der Waals surface area contributed by atoms with Crippen molar-refractivity contribution >= 4 is 151 Å². The molecule has 10 rings (SSSR count). The fourth-order valence-corrected chi connectivity index (χ4v) is 20.8. The van der Waals surface area contributed by atoms with Crippen LogP contribution in [-0.2, 0) is 40.0 Å². The molecule has 8 nitrogen and oxygen atoms in total. The van der Waals surface area contributed by atoms with Gasteiger partial charge in [0.15, 0.2) is 23.3 Å². The van der Waals surface area contributed by atoms with Crippen molar-refractivity contribution in [2.75, 3.05) is 13.2 Å². The van der Waals surface area contributed by atoms with Gasteiger partial charge in [0, 0.05) is 45.6 Å². The molecule has 582 valence electrons. The minimum Gasteiger partial charge on any atom is -0.381 e. The lowest BCUT2D eigenvalue weighted by atomic mass is 10.0. The van der Waals surface area contributed by atoms with Crippen LogP contribution in [0.15, 0.2) is 42.6 Å². The van der Waals surface area contributed by atoms with Crippen LogP contribution < -0.4 is 0 Å². The molecule has 0 bridgehead atoms. The van der Waals surface area contributed by atoms with Crippen LogP contribution in [-0.4, -0.2) is 46.4 Å². The Bertz CT molecular complexity index is 3510. The summed E-state index contributed by atoms with van der Waals surface area (Å²) >= 11 is 18.2. The lowest BCUT2D eigenvalue weighted by Crippen LogP contribution is -2.16. The van der Waals surface area contributed by atoms with E-state index in [1.165, 1.54) is 300 Å². The largest absolute Gasteiger partial charge is 0.381 e. The fraction of sp³-hybridized carbons (Fsp3) is 0.643. The van der Waals surface area contributed by atoms with E-state index < -0.39 is 23.3 Å². The van der Waals surface area contributed by atoms with Crippen molar-refractivity contribution in [2.45, 2.75) is 336 Å². The number of thiophene rings is 4. The molecule has 8 heterocycles. The molecule has 2 amide bonds. The van der Waals surface area contributed by atoms with Gasteiger partial charge >= 0.3 is 0 Å². The summed E-state index contributed by atoms with van der Waals surface area (Å²) in [5, 5.41) is 4.19. The smallest absolute Gasteiger partial charge is 0.239 e. The van der Waals surface area contributed by atoms with E-state index in [9.17, 15) is 9.59 Å². The third-order valence-electron chi connectivity index (χ3n) is 20.1. The summed E-state index contributed by atoms with van der Waals surface area (Å²) in [4.78, 5) is 23.8. The van der Waals surface area contributed by atoms with Crippen LogP contribution in [0.4, 0.5) is 17.6 Å². The normalized spacial score (nSPS) is 13.0. The zero-order valence-corrected chi connectivity index (χ0v) is 73.0. The van der Waals surface area contributed by atoms with Gasteiger partial charge in [-0.2, -0.15) is 17.5 Å². The lowest BCUT2D eigenvalue weighted by molar-refractivity contribution is -0.131. The van der Waals surface area contributed by atoms with Gasteiger partial charge in [-0.25, -0.2) is 21.5 Å². The van der Waals surface area contributed by atoms with Crippen molar-refractivity contribution in [1.82, 2.24) is 21.4 Å². The van der Waals surface area contributed by atoms with E-state index in [1.807, 2.05) is 24.3 Å². The standard InChI is InChI=1S/C38H52Br2F2N2S3.C38H54F2N2S3.C4H4BrNO2.C4H8O/c1-3-5-7-9-11-13-15-17-19-21-23-27-25-29(45-37(27)39)31-33(41)34(42)32(36-35(31)43-47-44-36)30-26-28(38(40)46-30)24-22-20-18-16-14-12-10-8-6-4-2;1-3-5-7-9-11-13-15-17-19-21-23-29-25-31(43-27-29)33-35(39)36(40)34(38-37(33)41-45-42-38)32-26-30(28-44-32)24-22-20-18-16-14-12-10-8-6-4-2;5-6-3(7)1-2-4(6)8;1-2-4-5-3-1/h25-26H,3-24H2,1-2H3;25-28H,3-24H2,1-2H3;1-2H2;1-4H2. The molecule has 2 aliphatic rings. The van der Waals surface area contributed by atoms with Gasteiger partial charge < -0.3 is 4.74 Å².